The van der Waals surface area contributed by atoms with Crippen molar-refractivity contribution >= 4 is 27.0 Å². The lowest BCUT2D eigenvalue weighted by molar-refractivity contribution is 0.594. The van der Waals surface area contributed by atoms with Gasteiger partial charge in [0.2, 0.25) is 0 Å². The molecule has 5 heteroatoms. The normalized spacial score (nSPS) is 26.1. The average molecular weight is 297 g/mol. The summed E-state index contributed by atoms with van der Waals surface area (Å²) in [5.41, 5.74) is 7.96. The van der Waals surface area contributed by atoms with Gasteiger partial charge >= 0.3 is 0 Å². The highest BCUT2D eigenvalue weighted by Crippen LogP contribution is 2.52. The van der Waals surface area contributed by atoms with Gasteiger partial charge in [0.25, 0.3) is 0 Å². The van der Waals surface area contributed by atoms with Crippen molar-refractivity contribution in [2.24, 2.45) is 11.7 Å². The van der Waals surface area contributed by atoms with E-state index >= 15 is 0 Å². The van der Waals surface area contributed by atoms with Crippen LogP contribution in [-0.4, -0.2) is 24.4 Å². The number of sulfone groups is 1. The van der Waals surface area contributed by atoms with E-state index in [1.54, 1.807) is 6.92 Å². The average Bonchev–Trinajstić information content (AvgIpc) is 3.15. The molecule has 1 saturated carbocycles. The Balaban J connectivity index is 2.30. The molecule has 1 fully saturated rings. The maximum atomic E-state index is 12.1. The van der Waals surface area contributed by atoms with Crippen molar-refractivity contribution < 1.29 is 8.42 Å². The smallest absolute Gasteiger partial charge is 0.154 e. The molecule has 0 saturated heterocycles. The lowest BCUT2D eigenvalue weighted by Gasteiger charge is -2.02. The highest BCUT2D eigenvalue weighted by atomic mass is 32.2. The van der Waals surface area contributed by atoms with Crippen LogP contribution in [0.4, 0.5) is 0 Å². The number of nitrogens with two attached hydrogens (primary N) is 1. The molecule has 1 aliphatic carbocycles. The third-order valence-corrected chi connectivity index (χ3v) is 6.37. The number of benzene rings is 1. The Labute approximate surface area is 120 Å². The third-order valence-electron chi connectivity index (χ3n) is 3.87. The molecule has 19 heavy (non-hydrogen) atoms. The van der Waals surface area contributed by atoms with E-state index in [1.165, 1.54) is 5.56 Å². The lowest BCUT2D eigenvalue weighted by Crippen LogP contribution is -2.18. The summed E-state index contributed by atoms with van der Waals surface area (Å²) in [5.74, 6) is -0.124. The van der Waals surface area contributed by atoms with Crippen LogP contribution in [0.15, 0.2) is 24.3 Å². The van der Waals surface area contributed by atoms with Crippen LogP contribution in [0.5, 0.6) is 0 Å². The summed E-state index contributed by atoms with van der Waals surface area (Å²) in [6, 6.07) is 8.08. The maximum Gasteiger partial charge on any atom is 0.154 e. The zero-order valence-electron chi connectivity index (χ0n) is 11.2. The molecule has 2 N–H and O–H groups in total. The van der Waals surface area contributed by atoms with Gasteiger partial charge in [0.15, 0.2) is 9.84 Å². The van der Waals surface area contributed by atoms with E-state index in [4.69, 9.17) is 18.0 Å². The van der Waals surface area contributed by atoms with Crippen molar-refractivity contribution in [3.05, 3.63) is 35.4 Å². The van der Waals surface area contributed by atoms with E-state index in [0.717, 1.165) is 12.0 Å². The fourth-order valence-corrected chi connectivity index (χ4v) is 4.84. The van der Waals surface area contributed by atoms with E-state index in [2.05, 4.69) is 6.92 Å². The Bertz CT molecular complexity index is 578. The van der Waals surface area contributed by atoms with E-state index < -0.39 is 15.1 Å². The fourth-order valence-electron chi connectivity index (χ4n) is 2.63. The zero-order chi connectivity index (χ0) is 14.2. The van der Waals surface area contributed by atoms with Crippen LogP contribution in [-0.2, 0) is 16.3 Å². The topological polar surface area (TPSA) is 60.2 Å². The van der Waals surface area contributed by atoms with E-state index in [9.17, 15) is 8.42 Å². The summed E-state index contributed by atoms with van der Waals surface area (Å²) in [6.45, 7) is 3.76. The van der Waals surface area contributed by atoms with Gasteiger partial charge < -0.3 is 5.73 Å². The molecule has 2 rings (SSSR count). The number of aryl methyl sites for hydroxylation is 1. The minimum Gasteiger partial charge on any atom is -0.393 e. The third kappa shape index (κ3) is 2.67. The molecule has 0 amide bonds. The summed E-state index contributed by atoms with van der Waals surface area (Å²) < 4.78 is 24.1. The first-order valence-corrected chi connectivity index (χ1v) is 8.64. The molecular formula is C14H19NO2S2. The summed E-state index contributed by atoms with van der Waals surface area (Å²) >= 11 is 5.01. The second kappa shape index (κ2) is 5.21. The number of hydrogen-bond acceptors (Lipinski definition) is 3. The molecule has 0 spiro atoms. The molecule has 1 aliphatic rings. The van der Waals surface area contributed by atoms with Crippen molar-refractivity contribution in [2.75, 3.05) is 5.75 Å². The molecular weight excluding hydrogens is 278 g/mol. The second-order valence-electron chi connectivity index (χ2n) is 4.97. The van der Waals surface area contributed by atoms with Crippen LogP contribution >= 0.6 is 12.2 Å². The summed E-state index contributed by atoms with van der Waals surface area (Å²) in [5, 5.41) is -0.428. The molecule has 0 aliphatic heterocycles. The standard InChI is InChI=1S/C14H19NO2S2/c1-3-9-5-7-10(8-6-9)11-12(14(15)18)13(11)19(16,17)4-2/h5-8,11-13H,3-4H2,1-2H3,(H2,15,18)/t11-,12-,13+/m0/s1. The molecule has 0 heterocycles. The first kappa shape index (κ1) is 14.5. The molecule has 1 aromatic rings. The van der Waals surface area contributed by atoms with Gasteiger partial charge in [0.05, 0.1) is 10.2 Å². The molecule has 3 nitrogen and oxygen atoms in total. The SMILES string of the molecule is CCc1ccc([C@H]2[C@H](C(N)=S)[C@@H]2S(=O)(=O)CC)cc1. The highest BCUT2D eigenvalue weighted by Gasteiger charge is 2.59. The van der Waals surface area contributed by atoms with Gasteiger partial charge in [0, 0.05) is 17.6 Å². The van der Waals surface area contributed by atoms with Crippen molar-refractivity contribution in [3.8, 4) is 0 Å². The monoisotopic (exact) mass is 297 g/mol. The zero-order valence-corrected chi connectivity index (χ0v) is 12.8. The van der Waals surface area contributed by atoms with Crippen LogP contribution in [0, 0.1) is 5.92 Å². The van der Waals surface area contributed by atoms with Gasteiger partial charge in [-0.15, -0.1) is 0 Å². The summed E-state index contributed by atoms with van der Waals surface area (Å²) in [4.78, 5) is 0.312. The molecule has 0 aromatic heterocycles. The van der Waals surface area contributed by atoms with Crippen LogP contribution in [0.1, 0.15) is 30.9 Å². The van der Waals surface area contributed by atoms with E-state index in [-0.39, 0.29) is 17.6 Å². The predicted octanol–water partition coefficient (Wildman–Crippen LogP) is 2.05. The van der Waals surface area contributed by atoms with Crippen LogP contribution in [0.3, 0.4) is 0 Å². The van der Waals surface area contributed by atoms with Gasteiger partial charge in [-0.1, -0.05) is 50.3 Å². The maximum absolute atomic E-state index is 12.1. The van der Waals surface area contributed by atoms with Crippen molar-refractivity contribution in [2.45, 2.75) is 31.4 Å². The Hall–Kier alpha value is -0.940. The van der Waals surface area contributed by atoms with E-state index in [1.807, 2.05) is 24.3 Å². The van der Waals surface area contributed by atoms with Crippen molar-refractivity contribution in [1.82, 2.24) is 0 Å². The quantitative estimate of drug-likeness (QED) is 0.845. The van der Waals surface area contributed by atoms with Gasteiger partial charge in [-0.05, 0) is 17.5 Å². The molecule has 0 unspecified atom stereocenters. The molecule has 0 bridgehead atoms. The fraction of sp³-hybridized carbons (Fsp3) is 0.500. The molecule has 104 valence electrons. The van der Waals surface area contributed by atoms with Crippen LogP contribution < -0.4 is 5.73 Å². The second-order valence-corrected chi connectivity index (χ2v) is 7.88. The highest BCUT2D eigenvalue weighted by molar-refractivity contribution is 7.92. The largest absolute Gasteiger partial charge is 0.393 e. The Kier molecular flexibility index (Phi) is 3.97. The number of rotatable bonds is 5. The predicted molar refractivity (Wildman–Crippen MR) is 82.1 cm³/mol. The minimum absolute atomic E-state index is 0.0617. The van der Waals surface area contributed by atoms with Crippen molar-refractivity contribution in [3.63, 3.8) is 0 Å². The molecule has 0 radical (unpaired) electrons. The Morgan fingerprint density at radius 2 is 1.84 bits per heavy atom. The Morgan fingerprint density at radius 3 is 2.26 bits per heavy atom. The van der Waals surface area contributed by atoms with Gasteiger partial charge in [0.1, 0.15) is 0 Å². The molecule has 1 aromatic carbocycles. The van der Waals surface area contributed by atoms with Gasteiger partial charge in [-0.25, -0.2) is 8.42 Å². The Morgan fingerprint density at radius 1 is 1.26 bits per heavy atom. The van der Waals surface area contributed by atoms with Crippen molar-refractivity contribution in [1.29, 1.82) is 0 Å². The summed E-state index contributed by atoms with van der Waals surface area (Å²) in [7, 11) is -3.10. The summed E-state index contributed by atoms with van der Waals surface area (Å²) in [6.07, 6.45) is 0.973. The van der Waals surface area contributed by atoms with E-state index in [0.29, 0.717) is 4.99 Å². The lowest BCUT2D eigenvalue weighted by atomic mass is 10.1. The first-order chi connectivity index (χ1) is 8.92. The van der Waals surface area contributed by atoms with Crippen LogP contribution in [0.25, 0.3) is 0 Å². The first-order valence-electron chi connectivity index (χ1n) is 6.52. The number of hydrogen-bond donors (Lipinski definition) is 1. The number of thiocarbonyl (C=S) groups is 1. The molecule has 3 atom stereocenters. The minimum atomic E-state index is -3.10. The van der Waals surface area contributed by atoms with Gasteiger partial charge in [-0.3, -0.25) is 0 Å². The van der Waals surface area contributed by atoms with Gasteiger partial charge in [-0.2, -0.15) is 0 Å². The van der Waals surface area contributed by atoms with Crippen LogP contribution in [0.2, 0.25) is 0 Å².